The van der Waals surface area contributed by atoms with Crippen LogP contribution < -0.4 is 19.6 Å². The number of nitro groups is 1. The molecule has 0 heterocycles. The van der Waals surface area contributed by atoms with Crippen molar-refractivity contribution in [1.82, 2.24) is 5.43 Å². The van der Waals surface area contributed by atoms with Crippen molar-refractivity contribution < 1.29 is 23.9 Å². The molecule has 0 unspecified atom stereocenters. The van der Waals surface area contributed by atoms with Crippen molar-refractivity contribution in [3.63, 3.8) is 0 Å². The van der Waals surface area contributed by atoms with Gasteiger partial charge in [-0.1, -0.05) is 0 Å². The van der Waals surface area contributed by atoms with Crippen LogP contribution in [0, 0.1) is 10.1 Å². The predicted molar refractivity (Wildman–Crippen MR) is 135 cm³/mol. The largest absolute Gasteiger partial charge is 0.494 e. The zero-order chi connectivity index (χ0) is 25.2. The van der Waals surface area contributed by atoms with E-state index in [0.717, 1.165) is 5.56 Å². The van der Waals surface area contributed by atoms with Gasteiger partial charge in [0.1, 0.15) is 12.4 Å². The molecule has 3 aromatic carbocycles. The molecule has 0 aromatic heterocycles. The lowest BCUT2D eigenvalue weighted by Crippen LogP contribution is -2.17. The first-order valence-corrected chi connectivity index (χ1v) is 11.6. The van der Waals surface area contributed by atoms with Crippen molar-refractivity contribution in [2.24, 2.45) is 5.10 Å². The van der Waals surface area contributed by atoms with Crippen LogP contribution in [-0.2, 0) is 6.61 Å². The number of benzene rings is 3. The Bertz CT molecular complexity index is 1200. The molecular formula is C25H24BrN3O6. The molecule has 9 nitrogen and oxygen atoms in total. The molecule has 182 valence electrons. The van der Waals surface area contributed by atoms with E-state index >= 15 is 0 Å². The number of halogens is 1. The number of amides is 1. The van der Waals surface area contributed by atoms with Crippen molar-refractivity contribution in [2.45, 2.75) is 20.5 Å². The van der Waals surface area contributed by atoms with Gasteiger partial charge in [0, 0.05) is 17.7 Å². The van der Waals surface area contributed by atoms with Gasteiger partial charge in [0.15, 0.2) is 11.5 Å². The van der Waals surface area contributed by atoms with Crippen LogP contribution in [0.4, 0.5) is 5.69 Å². The second-order valence-electron chi connectivity index (χ2n) is 7.13. The second-order valence-corrected chi connectivity index (χ2v) is 7.99. The minimum Gasteiger partial charge on any atom is -0.494 e. The van der Waals surface area contributed by atoms with Crippen LogP contribution in [0.25, 0.3) is 0 Å². The summed E-state index contributed by atoms with van der Waals surface area (Å²) in [5, 5.41) is 14.9. The van der Waals surface area contributed by atoms with Crippen LogP contribution in [0.3, 0.4) is 0 Å². The topological polar surface area (TPSA) is 112 Å². The number of carbonyl (C=O) groups is 1. The highest BCUT2D eigenvalue weighted by molar-refractivity contribution is 9.10. The summed E-state index contributed by atoms with van der Waals surface area (Å²) in [7, 11) is 0. The van der Waals surface area contributed by atoms with Crippen LogP contribution in [-0.4, -0.2) is 30.3 Å². The van der Waals surface area contributed by atoms with Gasteiger partial charge in [-0.15, -0.1) is 0 Å². The predicted octanol–water partition coefficient (Wildman–Crippen LogP) is 5.50. The number of hydrogen-bond donors (Lipinski definition) is 1. The van der Waals surface area contributed by atoms with Gasteiger partial charge < -0.3 is 14.2 Å². The van der Waals surface area contributed by atoms with Crippen molar-refractivity contribution in [2.75, 3.05) is 13.2 Å². The number of carbonyl (C=O) groups excluding carboxylic acids is 1. The molecule has 1 amide bonds. The molecule has 0 aliphatic heterocycles. The molecular weight excluding hydrogens is 518 g/mol. The molecule has 0 radical (unpaired) electrons. The van der Waals surface area contributed by atoms with Gasteiger partial charge in [-0.05, 0) is 89.4 Å². The lowest BCUT2D eigenvalue weighted by atomic mass is 10.2. The molecule has 0 saturated carbocycles. The fraction of sp³-hybridized carbons (Fsp3) is 0.200. The van der Waals surface area contributed by atoms with Crippen LogP contribution in [0.2, 0.25) is 0 Å². The first kappa shape index (κ1) is 25.7. The minimum atomic E-state index is -0.449. The average Bonchev–Trinajstić information content (AvgIpc) is 2.84. The quantitative estimate of drug-likeness (QED) is 0.195. The van der Waals surface area contributed by atoms with Crippen LogP contribution in [0.15, 0.2) is 70.2 Å². The maximum Gasteiger partial charge on any atom is 0.271 e. The Kier molecular flexibility index (Phi) is 9.19. The fourth-order valence-electron chi connectivity index (χ4n) is 3.03. The highest BCUT2D eigenvalue weighted by Crippen LogP contribution is 2.37. The zero-order valence-electron chi connectivity index (χ0n) is 19.2. The molecule has 3 rings (SSSR count). The summed E-state index contributed by atoms with van der Waals surface area (Å²) in [5.41, 5.74) is 4.42. The van der Waals surface area contributed by atoms with E-state index in [4.69, 9.17) is 14.2 Å². The van der Waals surface area contributed by atoms with E-state index in [1.54, 1.807) is 48.5 Å². The highest BCUT2D eigenvalue weighted by atomic mass is 79.9. The summed E-state index contributed by atoms with van der Waals surface area (Å²) in [6, 6.07) is 16.4. The first-order chi connectivity index (χ1) is 16.9. The number of nitro benzene ring substituents is 1. The van der Waals surface area contributed by atoms with Crippen molar-refractivity contribution in [3.05, 3.63) is 91.9 Å². The third-order valence-electron chi connectivity index (χ3n) is 4.67. The van der Waals surface area contributed by atoms with Gasteiger partial charge in [0.25, 0.3) is 11.6 Å². The van der Waals surface area contributed by atoms with Crippen LogP contribution in [0.5, 0.6) is 17.2 Å². The van der Waals surface area contributed by atoms with Crippen LogP contribution >= 0.6 is 15.9 Å². The second kappa shape index (κ2) is 12.5. The fourth-order valence-corrected chi connectivity index (χ4v) is 3.61. The molecule has 0 saturated heterocycles. The average molecular weight is 542 g/mol. The monoisotopic (exact) mass is 541 g/mol. The first-order valence-electron chi connectivity index (χ1n) is 10.8. The molecule has 0 aliphatic rings. The molecule has 0 spiro atoms. The summed E-state index contributed by atoms with van der Waals surface area (Å²) in [5.74, 6) is 1.32. The van der Waals surface area contributed by atoms with Crippen molar-refractivity contribution in [3.8, 4) is 17.2 Å². The van der Waals surface area contributed by atoms with E-state index in [9.17, 15) is 14.9 Å². The SMILES string of the molecule is CCOc1ccc(C(=O)N/N=C\c2cc(Br)c(OCc3ccc([N+](=O)[O-])cc3)c(OCC)c2)cc1. The summed E-state index contributed by atoms with van der Waals surface area (Å²) in [6.45, 7) is 4.90. The maximum absolute atomic E-state index is 12.3. The highest BCUT2D eigenvalue weighted by Gasteiger charge is 2.13. The summed E-state index contributed by atoms with van der Waals surface area (Å²) < 4.78 is 17.6. The molecule has 0 aliphatic carbocycles. The molecule has 0 fully saturated rings. The van der Waals surface area contributed by atoms with Gasteiger partial charge in [0.2, 0.25) is 0 Å². The summed E-state index contributed by atoms with van der Waals surface area (Å²) in [6.07, 6.45) is 1.50. The van der Waals surface area contributed by atoms with E-state index in [1.807, 2.05) is 13.8 Å². The third-order valence-corrected chi connectivity index (χ3v) is 5.26. The Hall–Kier alpha value is -3.92. The Balaban J connectivity index is 1.67. The molecule has 3 aromatic rings. The normalized spacial score (nSPS) is 10.7. The molecule has 35 heavy (non-hydrogen) atoms. The van der Waals surface area contributed by atoms with E-state index in [-0.39, 0.29) is 18.2 Å². The van der Waals surface area contributed by atoms with E-state index < -0.39 is 4.92 Å². The number of ether oxygens (including phenoxy) is 3. The van der Waals surface area contributed by atoms with E-state index in [1.165, 1.54) is 18.3 Å². The van der Waals surface area contributed by atoms with Gasteiger partial charge in [-0.3, -0.25) is 14.9 Å². The number of hydrogen-bond acceptors (Lipinski definition) is 7. The molecule has 0 bridgehead atoms. The summed E-state index contributed by atoms with van der Waals surface area (Å²) in [4.78, 5) is 22.7. The summed E-state index contributed by atoms with van der Waals surface area (Å²) >= 11 is 3.49. The zero-order valence-corrected chi connectivity index (χ0v) is 20.8. The Morgan fingerprint density at radius 2 is 1.71 bits per heavy atom. The molecule has 1 N–H and O–H groups in total. The maximum atomic E-state index is 12.3. The standard InChI is InChI=1S/C25H24BrN3O6/c1-3-33-21-11-7-19(8-12-21)25(30)28-27-15-18-13-22(26)24(23(14-18)34-4-2)35-16-17-5-9-20(10-6-17)29(31)32/h5-15H,3-4,16H2,1-2H3,(H,28,30)/b27-15-. The van der Waals surface area contributed by atoms with Crippen molar-refractivity contribution >= 4 is 33.7 Å². The minimum absolute atomic E-state index is 0.0168. The smallest absolute Gasteiger partial charge is 0.271 e. The van der Waals surface area contributed by atoms with E-state index in [0.29, 0.717) is 46.1 Å². The molecule has 0 atom stereocenters. The number of non-ortho nitro benzene ring substituents is 1. The van der Waals surface area contributed by atoms with Crippen LogP contribution in [0.1, 0.15) is 35.3 Å². The number of nitrogens with one attached hydrogen (secondary N) is 1. The number of hydrazone groups is 1. The Labute approximate surface area is 211 Å². The van der Waals surface area contributed by atoms with Gasteiger partial charge in [-0.2, -0.15) is 5.10 Å². The number of nitrogens with zero attached hydrogens (tertiary/aromatic N) is 2. The van der Waals surface area contributed by atoms with Gasteiger partial charge in [-0.25, -0.2) is 5.43 Å². The lowest BCUT2D eigenvalue weighted by Gasteiger charge is -2.14. The third kappa shape index (κ3) is 7.28. The van der Waals surface area contributed by atoms with Gasteiger partial charge in [0.05, 0.1) is 28.8 Å². The Morgan fingerprint density at radius 3 is 2.34 bits per heavy atom. The van der Waals surface area contributed by atoms with E-state index in [2.05, 4.69) is 26.5 Å². The van der Waals surface area contributed by atoms with Crippen molar-refractivity contribution in [1.29, 1.82) is 0 Å². The molecule has 10 heteroatoms. The number of rotatable bonds is 11. The lowest BCUT2D eigenvalue weighted by molar-refractivity contribution is -0.384. The van der Waals surface area contributed by atoms with Gasteiger partial charge >= 0.3 is 0 Å². The Morgan fingerprint density at radius 1 is 1.03 bits per heavy atom.